The Morgan fingerprint density at radius 2 is 1.83 bits per heavy atom. The zero-order chi connectivity index (χ0) is 13.8. The van der Waals surface area contributed by atoms with Crippen LogP contribution in [0, 0.1) is 5.82 Å². The number of rotatable bonds is 4. The summed E-state index contributed by atoms with van der Waals surface area (Å²) in [6, 6.07) is 2.52. The van der Waals surface area contributed by atoms with Crippen molar-refractivity contribution in [1.82, 2.24) is 5.43 Å². The Hall–Kier alpha value is -1.67. The fourth-order valence-corrected chi connectivity index (χ4v) is 1.20. The lowest BCUT2D eigenvalue weighted by Crippen LogP contribution is -2.47. The standard InChI is InChI=1S/C10H11F4N3O/c11-6-1-3-7(4-2-6)16-9(18)5-8(17-15)10(12,13)14/h1-4,8,17H,5,15H2,(H,16,18). The second-order valence-corrected chi connectivity index (χ2v) is 3.52. The van der Waals surface area contributed by atoms with Gasteiger partial charge in [0, 0.05) is 5.69 Å². The number of carbonyl (C=O) groups excluding carboxylic acids is 1. The first-order valence-electron chi connectivity index (χ1n) is 4.91. The lowest BCUT2D eigenvalue weighted by Gasteiger charge is -2.18. The number of hydrazine groups is 1. The Bertz CT molecular complexity index is 405. The summed E-state index contributed by atoms with van der Waals surface area (Å²) in [6.45, 7) is 0. The van der Waals surface area contributed by atoms with Crippen LogP contribution in [-0.2, 0) is 4.79 Å². The van der Waals surface area contributed by atoms with Gasteiger partial charge in [0.1, 0.15) is 11.9 Å². The highest BCUT2D eigenvalue weighted by molar-refractivity contribution is 5.91. The summed E-state index contributed by atoms with van der Waals surface area (Å²) in [4.78, 5) is 11.3. The van der Waals surface area contributed by atoms with Crippen molar-refractivity contribution < 1.29 is 22.4 Å². The van der Waals surface area contributed by atoms with E-state index in [-0.39, 0.29) is 5.69 Å². The number of hydrogen-bond acceptors (Lipinski definition) is 3. The second-order valence-electron chi connectivity index (χ2n) is 3.52. The maximum atomic E-state index is 12.6. The van der Waals surface area contributed by atoms with Crippen molar-refractivity contribution in [3.05, 3.63) is 30.1 Å². The summed E-state index contributed by atoms with van der Waals surface area (Å²) in [7, 11) is 0. The smallest absolute Gasteiger partial charge is 0.326 e. The van der Waals surface area contributed by atoms with Crippen molar-refractivity contribution in [2.75, 3.05) is 5.32 Å². The first kappa shape index (κ1) is 14.4. The summed E-state index contributed by atoms with van der Waals surface area (Å²) in [6.07, 6.45) is -5.48. The van der Waals surface area contributed by atoms with Gasteiger partial charge in [0.05, 0.1) is 6.42 Å². The molecule has 0 heterocycles. The van der Waals surface area contributed by atoms with Gasteiger partial charge in [0.2, 0.25) is 5.91 Å². The van der Waals surface area contributed by atoms with Crippen molar-refractivity contribution in [3.8, 4) is 0 Å². The van der Waals surface area contributed by atoms with E-state index < -0.39 is 30.4 Å². The van der Waals surface area contributed by atoms with Gasteiger partial charge >= 0.3 is 6.18 Å². The van der Waals surface area contributed by atoms with E-state index in [1.807, 2.05) is 0 Å². The number of anilines is 1. The molecule has 100 valence electrons. The molecule has 0 saturated heterocycles. The molecule has 0 radical (unpaired) electrons. The molecule has 1 atom stereocenters. The topological polar surface area (TPSA) is 67.1 Å². The summed E-state index contributed by atoms with van der Waals surface area (Å²) in [5, 5.41) is 2.20. The molecular weight excluding hydrogens is 254 g/mol. The predicted octanol–water partition coefficient (Wildman–Crippen LogP) is 1.55. The third-order valence-electron chi connectivity index (χ3n) is 2.11. The molecule has 0 bridgehead atoms. The van der Waals surface area contributed by atoms with E-state index >= 15 is 0 Å². The van der Waals surface area contributed by atoms with Gasteiger partial charge in [-0.25, -0.2) is 9.82 Å². The number of amides is 1. The molecule has 4 N–H and O–H groups in total. The van der Waals surface area contributed by atoms with E-state index in [1.165, 1.54) is 17.6 Å². The van der Waals surface area contributed by atoms with Crippen molar-refractivity contribution in [3.63, 3.8) is 0 Å². The number of nitrogens with one attached hydrogen (secondary N) is 2. The van der Waals surface area contributed by atoms with Crippen LogP contribution in [0.25, 0.3) is 0 Å². The lowest BCUT2D eigenvalue weighted by atomic mass is 10.2. The highest BCUT2D eigenvalue weighted by atomic mass is 19.4. The quantitative estimate of drug-likeness (QED) is 0.439. The highest BCUT2D eigenvalue weighted by Crippen LogP contribution is 2.22. The third kappa shape index (κ3) is 4.30. The molecule has 4 nitrogen and oxygen atoms in total. The van der Waals surface area contributed by atoms with Gasteiger partial charge in [-0.1, -0.05) is 0 Å². The summed E-state index contributed by atoms with van der Waals surface area (Å²) in [5.74, 6) is 3.34. The normalized spacial score (nSPS) is 13.2. The highest BCUT2D eigenvalue weighted by Gasteiger charge is 2.40. The molecule has 0 spiro atoms. The van der Waals surface area contributed by atoms with E-state index in [9.17, 15) is 22.4 Å². The molecule has 1 aromatic rings. The van der Waals surface area contributed by atoms with E-state index in [4.69, 9.17) is 5.84 Å². The SMILES string of the molecule is NNC(CC(=O)Nc1ccc(F)cc1)C(F)(F)F. The van der Waals surface area contributed by atoms with Crippen LogP contribution in [0.1, 0.15) is 6.42 Å². The molecule has 0 fully saturated rings. The van der Waals surface area contributed by atoms with E-state index in [1.54, 1.807) is 0 Å². The Labute approximate surface area is 100 Å². The number of alkyl halides is 3. The second kappa shape index (κ2) is 5.78. The monoisotopic (exact) mass is 265 g/mol. The van der Waals surface area contributed by atoms with Gasteiger partial charge < -0.3 is 5.32 Å². The van der Waals surface area contributed by atoms with E-state index in [2.05, 4.69) is 5.32 Å². The molecule has 0 aliphatic heterocycles. The zero-order valence-electron chi connectivity index (χ0n) is 9.09. The van der Waals surface area contributed by atoms with Crippen LogP contribution in [0.3, 0.4) is 0 Å². The van der Waals surface area contributed by atoms with Crippen molar-refractivity contribution >= 4 is 11.6 Å². The maximum absolute atomic E-state index is 12.6. The number of halogens is 4. The van der Waals surface area contributed by atoms with Gasteiger partial charge in [0.15, 0.2) is 0 Å². The molecule has 0 aromatic heterocycles. The fraction of sp³-hybridized carbons (Fsp3) is 0.300. The van der Waals surface area contributed by atoms with E-state index in [0.717, 1.165) is 12.1 Å². The zero-order valence-corrected chi connectivity index (χ0v) is 9.09. The van der Waals surface area contributed by atoms with Crippen molar-refractivity contribution in [2.24, 2.45) is 5.84 Å². The first-order chi connectivity index (χ1) is 8.32. The van der Waals surface area contributed by atoms with Crippen molar-refractivity contribution in [2.45, 2.75) is 18.6 Å². The van der Waals surface area contributed by atoms with Crippen LogP contribution in [0.5, 0.6) is 0 Å². The summed E-state index contributed by atoms with van der Waals surface area (Å²) >= 11 is 0. The first-order valence-corrected chi connectivity index (χ1v) is 4.91. The molecule has 0 saturated carbocycles. The van der Waals surface area contributed by atoms with Gasteiger partial charge in [-0.2, -0.15) is 13.2 Å². The summed E-state index contributed by atoms with van der Waals surface area (Å²) in [5.41, 5.74) is 1.73. The molecule has 0 aliphatic rings. The van der Waals surface area contributed by atoms with Gasteiger partial charge in [-0.3, -0.25) is 10.6 Å². The number of nitrogens with two attached hydrogens (primary N) is 1. The van der Waals surface area contributed by atoms with Crippen LogP contribution < -0.4 is 16.6 Å². The van der Waals surface area contributed by atoms with Gasteiger partial charge in [-0.05, 0) is 24.3 Å². The number of carbonyl (C=O) groups is 1. The molecule has 1 amide bonds. The van der Waals surface area contributed by atoms with Gasteiger partial charge in [-0.15, -0.1) is 0 Å². The molecule has 8 heteroatoms. The predicted molar refractivity (Wildman–Crippen MR) is 56.8 cm³/mol. The molecule has 1 aromatic carbocycles. The lowest BCUT2D eigenvalue weighted by molar-refractivity contribution is -0.160. The molecular formula is C10H11F4N3O. The van der Waals surface area contributed by atoms with Gasteiger partial charge in [0.25, 0.3) is 0 Å². The third-order valence-corrected chi connectivity index (χ3v) is 2.11. The molecule has 0 aliphatic carbocycles. The van der Waals surface area contributed by atoms with Crippen LogP contribution in [0.2, 0.25) is 0 Å². The van der Waals surface area contributed by atoms with Crippen molar-refractivity contribution in [1.29, 1.82) is 0 Å². The average molecular weight is 265 g/mol. The van der Waals surface area contributed by atoms with Crippen LogP contribution in [0.15, 0.2) is 24.3 Å². The van der Waals surface area contributed by atoms with E-state index in [0.29, 0.717) is 0 Å². The summed E-state index contributed by atoms with van der Waals surface area (Å²) < 4.78 is 49.5. The Kier molecular flexibility index (Phi) is 4.62. The number of benzene rings is 1. The molecule has 1 rings (SSSR count). The van der Waals surface area contributed by atoms with Crippen LogP contribution >= 0.6 is 0 Å². The minimum absolute atomic E-state index is 0.208. The Morgan fingerprint density at radius 3 is 2.28 bits per heavy atom. The van der Waals surface area contributed by atoms with Crippen LogP contribution in [-0.4, -0.2) is 18.1 Å². The minimum Gasteiger partial charge on any atom is -0.326 e. The number of hydrogen-bond donors (Lipinski definition) is 3. The Morgan fingerprint density at radius 1 is 1.28 bits per heavy atom. The minimum atomic E-state index is -4.62. The maximum Gasteiger partial charge on any atom is 0.405 e. The average Bonchev–Trinajstić information content (AvgIpc) is 2.27. The fourth-order valence-electron chi connectivity index (χ4n) is 1.20. The largest absolute Gasteiger partial charge is 0.405 e. The molecule has 1 unspecified atom stereocenters. The molecule has 18 heavy (non-hydrogen) atoms. The Balaban J connectivity index is 2.58. The van der Waals surface area contributed by atoms with Crippen LogP contribution in [0.4, 0.5) is 23.2 Å².